The number of aromatic carboxylic acids is 1. The highest BCUT2D eigenvalue weighted by molar-refractivity contribution is 7.16. The van der Waals surface area contributed by atoms with Crippen molar-refractivity contribution < 1.29 is 19.4 Å². The second-order valence-electron chi connectivity index (χ2n) is 2.08. The molecule has 1 rings (SSSR count). The largest absolute Gasteiger partial charge is 0.477 e. The van der Waals surface area contributed by atoms with Crippen LogP contribution in [0.15, 0.2) is 6.07 Å². The predicted molar refractivity (Wildman–Crippen MR) is 47.6 cm³/mol. The molecule has 1 heterocycles. The van der Waals surface area contributed by atoms with Crippen molar-refractivity contribution in [2.24, 2.45) is 0 Å². The molecular formula is C7H5ClO4S. The molecule has 13 heavy (non-hydrogen) atoms. The van der Waals surface area contributed by atoms with E-state index in [1.54, 1.807) is 0 Å². The van der Waals surface area contributed by atoms with Gasteiger partial charge in [-0.3, -0.25) is 0 Å². The number of carboxylic acids is 1. The van der Waals surface area contributed by atoms with Gasteiger partial charge >= 0.3 is 11.9 Å². The van der Waals surface area contributed by atoms with Gasteiger partial charge in [-0.05, 0) is 6.07 Å². The normalized spacial score (nSPS) is 9.69. The molecule has 0 spiro atoms. The van der Waals surface area contributed by atoms with Gasteiger partial charge in [0.1, 0.15) is 9.75 Å². The Bertz CT molecular complexity index is 357. The van der Waals surface area contributed by atoms with E-state index in [0.29, 0.717) is 0 Å². The van der Waals surface area contributed by atoms with Gasteiger partial charge in [0.2, 0.25) is 0 Å². The van der Waals surface area contributed by atoms with Crippen LogP contribution in [-0.2, 0) is 4.74 Å². The molecule has 0 aliphatic carbocycles. The molecule has 0 aliphatic rings. The molecule has 1 aromatic heterocycles. The molecule has 0 bridgehead atoms. The zero-order chi connectivity index (χ0) is 10.0. The Labute approximate surface area is 82.7 Å². The minimum atomic E-state index is -1.15. The van der Waals surface area contributed by atoms with E-state index < -0.39 is 11.9 Å². The first kappa shape index (κ1) is 10.0. The van der Waals surface area contributed by atoms with E-state index in [0.717, 1.165) is 11.3 Å². The van der Waals surface area contributed by atoms with E-state index in [-0.39, 0.29) is 14.8 Å². The molecular weight excluding hydrogens is 216 g/mol. The Morgan fingerprint density at radius 2 is 2.23 bits per heavy atom. The summed E-state index contributed by atoms with van der Waals surface area (Å²) in [6.45, 7) is 0. The first-order chi connectivity index (χ1) is 6.06. The van der Waals surface area contributed by atoms with Crippen LogP contribution in [0.5, 0.6) is 0 Å². The number of carbonyl (C=O) groups excluding carboxylic acids is 1. The van der Waals surface area contributed by atoms with Crippen molar-refractivity contribution in [1.82, 2.24) is 0 Å². The van der Waals surface area contributed by atoms with Gasteiger partial charge in [0.05, 0.1) is 12.1 Å². The summed E-state index contributed by atoms with van der Waals surface area (Å²) in [5.74, 6) is -1.73. The third kappa shape index (κ3) is 1.99. The molecule has 70 valence electrons. The Morgan fingerprint density at radius 3 is 2.62 bits per heavy atom. The second kappa shape index (κ2) is 3.76. The van der Waals surface area contributed by atoms with Crippen LogP contribution in [0.1, 0.15) is 19.3 Å². The lowest BCUT2D eigenvalue weighted by molar-refractivity contribution is 0.0605. The molecule has 0 aliphatic heterocycles. The van der Waals surface area contributed by atoms with E-state index in [9.17, 15) is 9.59 Å². The van der Waals surface area contributed by atoms with Crippen LogP contribution in [0.25, 0.3) is 0 Å². The fourth-order valence-electron chi connectivity index (χ4n) is 0.716. The van der Waals surface area contributed by atoms with E-state index in [2.05, 4.69) is 4.74 Å². The zero-order valence-electron chi connectivity index (χ0n) is 6.54. The highest BCUT2D eigenvalue weighted by Crippen LogP contribution is 2.27. The highest BCUT2D eigenvalue weighted by Gasteiger charge is 2.17. The number of carbonyl (C=O) groups is 2. The van der Waals surface area contributed by atoms with E-state index in [1.807, 2.05) is 0 Å². The summed E-state index contributed by atoms with van der Waals surface area (Å²) in [4.78, 5) is 21.6. The Morgan fingerprint density at radius 1 is 1.62 bits per heavy atom. The number of carboxylic acid groups (broad SMARTS) is 1. The lowest BCUT2D eigenvalue weighted by Gasteiger charge is -1.90. The molecule has 0 unspecified atom stereocenters. The third-order valence-corrected chi connectivity index (χ3v) is 2.78. The number of thiophene rings is 1. The zero-order valence-corrected chi connectivity index (χ0v) is 8.11. The standard InChI is InChI=1S/C7H5ClO4S/c1-12-7(11)4-2-3(8)5(13-4)6(9)10/h2H,1H3,(H,9,10). The molecule has 4 nitrogen and oxygen atoms in total. The van der Waals surface area contributed by atoms with Crippen LogP contribution in [0.2, 0.25) is 5.02 Å². The summed E-state index contributed by atoms with van der Waals surface area (Å²) in [6.07, 6.45) is 0. The van der Waals surface area contributed by atoms with Gasteiger partial charge in [-0.2, -0.15) is 0 Å². The van der Waals surface area contributed by atoms with Gasteiger partial charge in [0.15, 0.2) is 0 Å². The first-order valence-corrected chi connectivity index (χ1v) is 4.36. The van der Waals surface area contributed by atoms with Crippen LogP contribution in [0.3, 0.4) is 0 Å². The highest BCUT2D eigenvalue weighted by atomic mass is 35.5. The van der Waals surface area contributed by atoms with Crippen LogP contribution >= 0.6 is 22.9 Å². The lowest BCUT2D eigenvalue weighted by Crippen LogP contribution is -1.97. The fraction of sp³-hybridized carbons (Fsp3) is 0.143. The summed E-state index contributed by atoms with van der Waals surface area (Å²) >= 11 is 6.36. The molecule has 0 saturated carbocycles. The molecule has 1 N–H and O–H groups in total. The van der Waals surface area contributed by atoms with Gasteiger partial charge in [0.25, 0.3) is 0 Å². The number of halogens is 1. The van der Waals surface area contributed by atoms with Crippen molar-refractivity contribution >= 4 is 34.9 Å². The molecule has 0 aromatic carbocycles. The average Bonchev–Trinajstić information content (AvgIpc) is 2.46. The van der Waals surface area contributed by atoms with Gasteiger partial charge in [-0.15, -0.1) is 11.3 Å². The first-order valence-electron chi connectivity index (χ1n) is 3.17. The van der Waals surface area contributed by atoms with Crippen LogP contribution in [0.4, 0.5) is 0 Å². The maximum Gasteiger partial charge on any atom is 0.348 e. The van der Waals surface area contributed by atoms with E-state index in [4.69, 9.17) is 16.7 Å². The van der Waals surface area contributed by atoms with Crippen LogP contribution in [0, 0.1) is 0 Å². The van der Waals surface area contributed by atoms with Gasteiger partial charge in [-0.1, -0.05) is 11.6 Å². The number of ether oxygens (including phenoxy) is 1. The van der Waals surface area contributed by atoms with Crippen molar-refractivity contribution in [3.8, 4) is 0 Å². The quantitative estimate of drug-likeness (QED) is 0.773. The van der Waals surface area contributed by atoms with Gasteiger partial charge in [-0.25, -0.2) is 9.59 Å². The average molecular weight is 221 g/mol. The molecule has 0 fully saturated rings. The number of rotatable bonds is 2. The maximum atomic E-state index is 10.9. The molecule has 0 radical (unpaired) electrons. The van der Waals surface area contributed by atoms with Crippen LogP contribution in [-0.4, -0.2) is 24.2 Å². The van der Waals surface area contributed by atoms with Crippen LogP contribution < -0.4 is 0 Å². The summed E-state index contributed by atoms with van der Waals surface area (Å²) in [7, 11) is 1.22. The molecule has 0 saturated heterocycles. The number of esters is 1. The number of hydrogen-bond donors (Lipinski definition) is 1. The minimum Gasteiger partial charge on any atom is -0.477 e. The van der Waals surface area contributed by atoms with E-state index >= 15 is 0 Å². The maximum absolute atomic E-state index is 10.9. The monoisotopic (exact) mass is 220 g/mol. The van der Waals surface area contributed by atoms with Crippen molar-refractivity contribution in [1.29, 1.82) is 0 Å². The second-order valence-corrected chi connectivity index (χ2v) is 3.54. The molecule has 1 aromatic rings. The summed E-state index contributed by atoms with van der Waals surface area (Å²) in [5.41, 5.74) is 0. The predicted octanol–water partition coefficient (Wildman–Crippen LogP) is 1.89. The summed E-state index contributed by atoms with van der Waals surface area (Å²) in [6, 6.07) is 1.28. The molecule has 6 heteroatoms. The van der Waals surface area contributed by atoms with E-state index in [1.165, 1.54) is 13.2 Å². The van der Waals surface area contributed by atoms with Gasteiger partial charge in [0, 0.05) is 0 Å². The summed E-state index contributed by atoms with van der Waals surface area (Å²) < 4.78 is 4.40. The number of methoxy groups -OCH3 is 1. The topological polar surface area (TPSA) is 63.6 Å². The minimum absolute atomic E-state index is 0.0536. The molecule has 0 atom stereocenters. The van der Waals surface area contributed by atoms with Gasteiger partial charge < -0.3 is 9.84 Å². The van der Waals surface area contributed by atoms with Crippen molar-refractivity contribution in [2.75, 3.05) is 7.11 Å². The smallest absolute Gasteiger partial charge is 0.348 e. The fourth-order valence-corrected chi connectivity index (χ4v) is 1.89. The summed E-state index contributed by atoms with van der Waals surface area (Å²) in [5, 5.41) is 8.66. The van der Waals surface area contributed by atoms with Crippen molar-refractivity contribution in [3.05, 3.63) is 20.8 Å². The lowest BCUT2D eigenvalue weighted by atomic mass is 10.4. The Hall–Kier alpha value is -1.07. The Kier molecular flexibility index (Phi) is 2.90. The Balaban J connectivity index is 3.09. The SMILES string of the molecule is COC(=O)c1cc(Cl)c(C(=O)O)s1. The third-order valence-electron chi connectivity index (χ3n) is 1.27. The van der Waals surface area contributed by atoms with Crippen molar-refractivity contribution in [3.63, 3.8) is 0 Å². The van der Waals surface area contributed by atoms with Crippen molar-refractivity contribution in [2.45, 2.75) is 0 Å². The molecule has 0 amide bonds. The number of hydrogen-bond acceptors (Lipinski definition) is 4.